The summed E-state index contributed by atoms with van der Waals surface area (Å²) in [5.74, 6) is -0.294. The number of hydrogen-bond donors (Lipinski definition) is 2. The van der Waals surface area contributed by atoms with E-state index in [0.717, 1.165) is 18.6 Å². The number of carbonyl (C=O) groups excluding carboxylic acids is 1. The summed E-state index contributed by atoms with van der Waals surface area (Å²) in [5, 5.41) is 2.80. The van der Waals surface area contributed by atoms with Gasteiger partial charge >= 0.3 is 0 Å². The largest absolute Gasteiger partial charge is 0.491 e. The maximum atomic E-state index is 13.0. The summed E-state index contributed by atoms with van der Waals surface area (Å²) in [6.45, 7) is 2.53. The van der Waals surface area contributed by atoms with E-state index in [1.807, 2.05) is 13.0 Å². The van der Waals surface area contributed by atoms with Crippen molar-refractivity contribution in [2.45, 2.75) is 18.2 Å². The van der Waals surface area contributed by atoms with Gasteiger partial charge in [-0.15, -0.1) is 0 Å². The summed E-state index contributed by atoms with van der Waals surface area (Å²) >= 11 is 0. The highest BCUT2D eigenvalue weighted by atomic mass is 32.2. The van der Waals surface area contributed by atoms with Gasteiger partial charge in [0.05, 0.1) is 17.2 Å². The molecule has 1 amide bonds. The summed E-state index contributed by atoms with van der Waals surface area (Å²) < 4.78 is 45.8. The first-order valence-electron chi connectivity index (χ1n) is 9.30. The molecular weight excluding hydrogens is 407 g/mol. The Hall–Kier alpha value is -3.39. The van der Waals surface area contributed by atoms with Gasteiger partial charge in [-0.25, -0.2) is 12.8 Å². The number of sulfonamides is 1. The number of nitrogens with one attached hydrogen (secondary N) is 2. The molecular formula is C22H21FN2O4S. The third-order valence-electron chi connectivity index (χ3n) is 4.12. The molecule has 0 aliphatic heterocycles. The third-order valence-corrected chi connectivity index (χ3v) is 5.52. The number of ether oxygens (including phenoxy) is 1. The summed E-state index contributed by atoms with van der Waals surface area (Å²) in [4.78, 5) is 12.5. The van der Waals surface area contributed by atoms with Crippen molar-refractivity contribution in [3.8, 4) is 5.75 Å². The Morgan fingerprint density at radius 2 is 1.63 bits per heavy atom. The highest BCUT2D eigenvalue weighted by Gasteiger charge is 2.15. The Balaban J connectivity index is 1.70. The predicted molar refractivity (Wildman–Crippen MR) is 114 cm³/mol. The van der Waals surface area contributed by atoms with Crippen molar-refractivity contribution in [2.75, 3.05) is 16.6 Å². The van der Waals surface area contributed by atoms with Crippen molar-refractivity contribution < 1.29 is 22.3 Å². The van der Waals surface area contributed by atoms with E-state index < -0.39 is 15.8 Å². The smallest absolute Gasteiger partial charge is 0.261 e. The van der Waals surface area contributed by atoms with Crippen LogP contribution < -0.4 is 14.8 Å². The zero-order valence-electron chi connectivity index (χ0n) is 16.3. The molecule has 6 nitrogen and oxygen atoms in total. The van der Waals surface area contributed by atoms with Gasteiger partial charge in [-0.2, -0.15) is 0 Å². The second-order valence-electron chi connectivity index (χ2n) is 6.44. The SMILES string of the molecule is CCCOc1ccccc1NC(=O)c1ccc(NS(=O)(=O)c2ccc(F)cc2)cc1. The van der Waals surface area contributed by atoms with Crippen molar-refractivity contribution in [1.29, 1.82) is 0 Å². The predicted octanol–water partition coefficient (Wildman–Crippen LogP) is 4.67. The van der Waals surface area contributed by atoms with Crippen LogP contribution >= 0.6 is 0 Å². The average Bonchev–Trinajstić information content (AvgIpc) is 2.73. The van der Waals surface area contributed by atoms with Crippen molar-refractivity contribution in [1.82, 2.24) is 0 Å². The van der Waals surface area contributed by atoms with E-state index >= 15 is 0 Å². The average molecular weight is 428 g/mol. The molecule has 0 radical (unpaired) electrons. The second-order valence-corrected chi connectivity index (χ2v) is 8.12. The first-order valence-corrected chi connectivity index (χ1v) is 10.8. The lowest BCUT2D eigenvalue weighted by molar-refractivity contribution is 0.102. The molecule has 0 saturated heterocycles. The second kappa shape index (κ2) is 9.41. The molecule has 0 fully saturated rings. The van der Waals surface area contributed by atoms with Gasteiger partial charge in [0, 0.05) is 11.3 Å². The van der Waals surface area contributed by atoms with E-state index in [0.29, 0.717) is 23.6 Å². The number of hydrogen-bond acceptors (Lipinski definition) is 4. The normalized spacial score (nSPS) is 11.0. The minimum absolute atomic E-state index is 0.0607. The Labute approximate surface area is 174 Å². The highest BCUT2D eigenvalue weighted by Crippen LogP contribution is 2.25. The number of carbonyl (C=O) groups is 1. The van der Waals surface area contributed by atoms with Crippen LogP contribution in [0.4, 0.5) is 15.8 Å². The Bertz CT molecular complexity index is 1110. The zero-order valence-corrected chi connectivity index (χ0v) is 17.1. The first-order chi connectivity index (χ1) is 14.4. The van der Waals surface area contributed by atoms with Crippen LogP contribution in [0.25, 0.3) is 0 Å². The standard InChI is InChI=1S/C22H21FN2O4S/c1-2-15-29-21-6-4-3-5-20(21)24-22(26)16-7-11-18(12-8-16)25-30(27,28)19-13-9-17(23)10-14-19/h3-14,25H,2,15H2,1H3,(H,24,26). The summed E-state index contributed by atoms with van der Waals surface area (Å²) in [7, 11) is -3.86. The Morgan fingerprint density at radius 1 is 0.967 bits per heavy atom. The molecule has 0 spiro atoms. The molecule has 0 unspecified atom stereocenters. The van der Waals surface area contributed by atoms with Gasteiger partial charge in [0.15, 0.2) is 0 Å². The van der Waals surface area contributed by atoms with Crippen LogP contribution in [0.15, 0.2) is 77.7 Å². The van der Waals surface area contributed by atoms with E-state index in [4.69, 9.17) is 4.74 Å². The fourth-order valence-electron chi connectivity index (χ4n) is 2.62. The van der Waals surface area contributed by atoms with Crippen LogP contribution in [-0.4, -0.2) is 20.9 Å². The molecule has 0 aliphatic rings. The van der Waals surface area contributed by atoms with E-state index in [1.165, 1.54) is 36.4 Å². The van der Waals surface area contributed by atoms with E-state index in [9.17, 15) is 17.6 Å². The molecule has 0 bridgehead atoms. The van der Waals surface area contributed by atoms with Gasteiger partial charge in [0.1, 0.15) is 11.6 Å². The number of halogens is 1. The van der Waals surface area contributed by atoms with Gasteiger partial charge in [-0.1, -0.05) is 19.1 Å². The molecule has 0 atom stereocenters. The lowest BCUT2D eigenvalue weighted by atomic mass is 10.2. The Morgan fingerprint density at radius 3 is 2.30 bits per heavy atom. The quantitative estimate of drug-likeness (QED) is 0.546. The number of anilines is 2. The van der Waals surface area contributed by atoms with Crippen molar-refractivity contribution >= 4 is 27.3 Å². The first kappa shape index (κ1) is 21.3. The van der Waals surface area contributed by atoms with E-state index in [1.54, 1.807) is 18.2 Å². The van der Waals surface area contributed by atoms with Gasteiger partial charge < -0.3 is 10.1 Å². The summed E-state index contributed by atoms with van der Waals surface area (Å²) in [6, 6.07) is 17.6. The fraction of sp³-hybridized carbons (Fsp3) is 0.136. The molecule has 156 valence electrons. The Kier molecular flexibility index (Phi) is 6.68. The highest BCUT2D eigenvalue weighted by molar-refractivity contribution is 7.92. The van der Waals surface area contributed by atoms with Gasteiger partial charge in [0.2, 0.25) is 0 Å². The number of benzene rings is 3. The maximum Gasteiger partial charge on any atom is 0.261 e. The molecule has 3 aromatic rings. The minimum atomic E-state index is -3.86. The fourth-order valence-corrected chi connectivity index (χ4v) is 3.68. The summed E-state index contributed by atoms with van der Waals surface area (Å²) in [5.41, 5.74) is 1.18. The van der Waals surface area contributed by atoms with Gasteiger partial charge in [-0.05, 0) is 67.1 Å². The van der Waals surface area contributed by atoms with Crippen LogP contribution in [-0.2, 0) is 10.0 Å². The molecule has 30 heavy (non-hydrogen) atoms. The lowest BCUT2D eigenvalue weighted by Crippen LogP contribution is -2.14. The third kappa shape index (κ3) is 5.36. The number of para-hydroxylation sites is 2. The van der Waals surface area contributed by atoms with Gasteiger partial charge in [0.25, 0.3) is 15.9 Å². The molecule has 0 saturated carbocycles. The molecule has 0 heterocycles. The molecule has 3 rings (SSSR count). The van der Waals surface area contributed by atoms with Gasteiger partial charge in [-0.3, -0.25) is 9.52 Å². The summed E-state index contributed by atoms with van der Waals surface area (Å²) in [6.07, 6.45) is 0.845. The number of amides is 1. The van der Waals surface area contributed by atoms with Crippen molar-refractivity contribution in [3.63, 3.8) is 0 Å². The minimum Gasteiger partial charge on any atom is -0.491 e. The van der Waals surface area contributed by atoms with Crippen LogP contribution in [0.2, 0.25) is 0 Å². The van der Waals surface area contributed by atoms with Crippen LogP contribution in [0, 0.1) is 5.82 Å². The zero-order chi connectivity index (χ0) is 21.6. The molecule has 0 aliphatic carbocycles. The van der Waals surface area contributed by atoms with E-state index in [-0.39, 0.29) is 16.5 Å². The van der Waals surface area contributed by atoms with Crippen LogP contribution in [0.1, 0.15) is 23.7 Å². The topological polar surface area (TPSA) is 84.5 Å². The molecule has 0 aromatic heterocycles. The monoisotopic (exact) mass is 428 g/mol. The van der Waals surface area contributed by atoms with E-state index in [2.05, 4.69) is 10.0 Å². The van der Waals surface area contributed by atoms with Crippen LogP contribution in [0.3, 0.4) is 0 Å². The van der Waals surface area contributed by atoms with Crippen molar-refractivity contribution in [2.24, 2.45) is 0 Å². The molecule has 8 heteroatoms. The van der Waals surface area contributed by atoms with Crippen LogP contribution in [0.5, 0.6) is 5.75 Å². The van der Waals surface area contributed by atoms with Crippen molar-refractivity contribution in [3.05, 3.63) is 84.2 Å². The lowest BCUT2D eigenvalue weighted by Gasteiger charge is -2.12. The maximum absolute atomic E-state index is 13.0. The molecule has 3 aromatic carbocycles. The molecule has 2 N–H and O–H groups in total. The number of rotatable bonds is 8.